The van der Waals surface area contributed by atoms with Gasteiger partial charge in [0, 0.05) is 19.0 Å². The second-order valence-corrected chi connectivity index (χ2v) is 6.37. The average Bonchev–Trinajstić information content (AvgIpc) is 2.87. The van der Waals surface area contributed by atoms with Crippen LogP contribution < -0.4 is 5.32 Å². The Morgan fingerprint density at radius 1 is 1.26 bits per heavy atom. The van der Waals surface area contributed by atoms with E-state index in [0.717, 1.165) is 24.9 Å². The normalized spacial score (nSPS) is 23.9. The van der Waals surface area contributed by atoms with E-state index in [4.69, 9.17) is 0 Å². The molecule has 1 aromatic carbocycles. The zero-order valence-corrected chi connectivity index (χ0v) is 12.1. The maximum Gasteiger partial charge on any atom is 0.00235 e. The summed E-state index contributed by atoms with van der Waals surface area (Å²) in [5.74, 6) is 1.53. The second-order valence-electron chi connectivity index (χ2n) is 6.37. The largest absolute Gasteiger partial charge is 0.316 e. The van der Waals surface area contributed by atoms with Crippen molar-refractivity contribution in [2.24, 2.45) is 5.92 Å². The summed E-state index contributed by atoms with van der Waals surface area (Å²) in [6.45, 7) is 8.60. The SMILES string of the molecule is CC(CNCC1Cc2ccccc21)CN1CCCC1. The molecule has 0 saturated carbocycles. The van der Waals surface area contributed by atoms with Gasteiger partial charge in [0.05, 0.1) is 0 Å². The van der Waals surface area contributed by atoms with Crippen molar-refractivity contribution in [3.05, 3.63) is 35.4 Å². The molecule has 1 saturated heterocycles. The third-order valence-electron chi connectivity index (χ3n) is 4.61. The van der Waals surface area contributed by atoms with Crippen LogP contribution in [0.25, 0.3) is 0 Å². The molecule has 2 unspecified atom stereocenters. The summed E-state index contributed by atoms with van der Waals surface area (Å²) in [4.78, 5) is 2.62. The molecule has 1 aromatic rings. The third kappa shape index (κ3) is 3.18. The smallest absolute Gasteiger partial charge is 0.00235 e. The zero-order chi connectivity index (χ0) is 13.1. The fourth-order valence-corrected chi connectivity index (χ4v) is 3.52. The Morgan fingerprint density at radius 2 is 2.05 bits per heavy atom. The molecule has 2 aliphatic rings. The molecule has 2 nitrogen and oxygen atoms in total. The van der Waals surface area contributed by atoms with E-state index in [2.05, 4.69) is 41.4 Å². The number of nitrogens with zero attached hydrogens (tertiary/aromatic N) is 1. The summed E-state index contributed by atoms with van der Waals surface area (Å²) in [7, 11) is 0. The van der Waals surface area contributed by atoms with Gasteiger partial charge in [-0.1, -0.05) is 31.2 Å². The predicted molar refractivity (Wildman–Crippen MR) is 80.6 cm³/mol. The van der Waals surface area contributed by atoms with Gasteiger partial charge < -0.3 is 10.2 Å². The summed E-state index contributed by atoms with van der Waals surface area (Å²) >= 11 is 0. The van der Waals surface area contributed by atoms with Crippen LogP contribution in [-0.4, -0.2) is 37.6 Å². The summed E-state index contributed by atoms with van der Waals surface area (Å²) < 4.78 is 0. The molecule has 19 heavy (non-hydrogen) atoms. The van der Waals surface area contributed by atoms with E-state index in [-0.39, 0.29) is 0 Å². The monoisotopic (exact) mass is 258 g/mol. The van der Waals surface area contributed by atoms with Crippen LogP contribution in [0.2, 0.25) is 0 Å². The Labute approximate surface area is 117 Å². The molecule has 1 aliphatic heterocycles. The van der Waals surface area contributed by atoms with Crippen molar-refractivity contribution in [3.63, 3.8) is 0 Å². The van der Waals surface area contributed by atoms with Crippen LogP contribution in [0.1, 0.15) is 36.8 Å². The van der Waals surface area contributed by atoms with Crippen LogP contribution in [0.15, 0.2) is 24.3 Å². The first kappa shape index (κ1) is 13.1. The zero-order valence-electron chi connectivity index (χ0n) is 12.1. The molecular weight excluding hydrogens is 232 g/mol. The van der Waals surface area contributed by atoms with E-state index in [1.54, 1.807) is 11.1 Å². The van der Waals surface area contributed by atoms with Crippen molar-refractivity contribution < 1.29 is 0 Å². The fourth-order valence-electron chi connectivity index (χ4n) is 3.52. The highest BCUT2D eigenvalue weighted by atomic mass is 15.1. The number of rotatable bonds is 6. The summed E-state index contributed by atoms with van der Waals surface area (Å²) in [6.07, 6.45) is 4.07. The number of benzene rings is 1. The van der Waals surface area contributed by atoms with Crippen LogP contribution in [0.4, 0.5) is 0 Å². The number of fused-ring (bicyclic) bond motifs is 1. The van der Waals surface area contributed by atoms with Gasteiger partial charge in [-0.2, -0.15) is 0 Å². The van der Waals surface area contributed by atoms with E-state index in [0.29, 0.717) is 0 Å². The molecule has 3 rings (SSSR count). The molecule has 0 bridgehead atoms. The van der Waals surface area contributed by atoms with Crippen molar-refractivity contribution >= 4 is 0 Å². The van der Waals surface area contributed by atoms with Crippen LogP contribution in [0, 0.1) is 5.92 Å². The van der Waals surface area contributed by atoms with Crippen molar-refractivity contribution in [1.29, 1.82) is 0 Å². The van der Waals surface area contributed by atoms with Gasteiger partial charge in [0.25, 0.3) is 0 Å². The molecule has 2 heteroatoms. The minimum atomic E-state index is 0.759. The lowest BCUT2D eigenvalue weighted by atomic mass is 9.77. The summed E-state index contributed by atoms with van der Waals surface area (Å²) in [5.41, 5.74) is 3.13. The molecule has 0 radical (unpaired) electrons. The Hall–Kier alpha value is -0.860. The van der Waals surface area contributed by atoms with Crippen LogP contribution in [0.5, 0.6) is 0 Å². The predicted octanol–water partition coefficient (Wildman–Crippen LogP) is 2.65. The maximum atomic E-state index is 3.68. The van der Waals surface area contributed by atoms with Crippen LogP contribution in [0.3, 0.4) is 0 Å². The van der Waals surface area contributed by atoms with Gasteiger partial charge in [-0.15, -0.1) is 0 Å². The van der Waals surface area contributed by atoms with Crippen molar-refractivity contribution in [2.75, 3.05) is 32.7 Å². The van der Waals surface area contributed by atoms with Gasteiger partial charge in [-0.05, 0) is 55.9 Å². The topological polar surface area (TPSA) is 15.3 Å². The molecule has 0 aromatic heterocycles. The molecule has 1 N–H and O–H groups in total. The minimum absolute atomic E-state index is 0.759. The number of hydrogen-bond acceptors (Lipinski definition) is 2. The molecule has 1 aliphatic carbocycles. The Balaban J connectivity index is 1.35. The van der Waals surface area contributed by atoms with Crippen LogP contribution >= 0.6 is 0 Å². The van der Waals surface area contributed by atoms with Gasteiger partial charge in [-0.3, -0.25) is 0 Å². The Bertz CT molecular complexity index is 409. The highest BCUT2D eigenvalue weighted by Crippen LogP contribution is 2.33. The number of likely N-dealkylation sites (tertiary alicyclic amines) is 1. The van der Waals surface area contributed by atoms with E-state index >= 15 is 0 Å². The number of hydrogen-bond donors (Lipinski definition) is 1. The van der Waals surface area contributed by atoms with Gasteiger partial charge in [-0.25, -0.2) is 0 Å². The second kappa shape index (κ2) is 6.06. The van der Waals surface area contributed by atoms with Gasteiger partial charge in [0.1, 0.15) is 0 Å². The average molecular weight is 258 g/mol. The van der Waals surface area contributed by atoms with E-state index < -0.39 is 0 Å². The van der Waals surface area contributed by atoms with E-state index in [9.17, 15) is 0 Å². The van der Waals surface area contributed by atoms with Gasteiger partial charge in [0.2, 0.25) is 0 Å². The third-order valence-corrected chi connectivity index (χ3v) is 4.61. The number of nitrogens with one attached hydrogen (secondary N) is 1. The Kier molecular flexibility index (Phi) is 4.19. The summed E-state index contributed by atoms with van der Waals surface area (Å²) in [5, 5.41) is 3.68. The molecule has 1 fully saturated rings. The Morgan fingerprint density at radius 3 is 2.84 bits per heavy atom. The molecule has 2 atom stereocenters. The summed E-state index contributed by atoms with van der Waals surface area (Å²) in [6, 6.07) is 8.88. The van der Waals surface area contributed by atoms with Crippen molar-refractivity contribution in [2.45, 2.75) is 32.1 Å². The first-order valence-corrected chi connectivity index (χ1v) is 7.84. The van der Waals surface area contributed by atoms with Crippen molar-refractivity contribution in [1.82, 2.24) is 10.2 Å². The lowest BCUT2D eigenvalue weighted by Gasteiger charge is -2.31. The fraction of sp³-hybridized carbons (Fsp3) is 0.647. The lowest BCUT2D eigenvalue weighted by Crippen LogP contribution is -2.35. The molecule has 104 valence electrons. The quantitative estimate of drug-likeness (QED) is 0.844. The minimum Gasteiger partial charge on any atom is -0.316 e. The van der Waals surface area contributed by atoms with Crippen molar-refractivity contribution in [3.8, 4) is 0 Å². The maximum absolute atomic E-state index is 3.68. The lowest BCUT2D eigenvalue weighted by molar-refractivity contribution is 0.281. The molecule has 1 heterocycles. The van der Waals surface area contributed by atoms with Crippen LogP contribution in [-0.2, 0) is 6.42 Å². The highest BCUT2D eigenvalue weighted by molar-refractivity contribution is 5.40. The van der Waals surface area contributed by atoms with Gasteiger partial charge >= 0.3 is 0 Å². The van der Waals surface area contributed by atoms with E-state index in [1.165, 1.54) is 38.9 Å². The molecule has 0 spiro atoms. The molecular formula is C17H26N2. The highest BCUT2D eigenvalue weighted by Gasteiger charge is 2.24. The molecule has 0 amide bonds. The first-order valence-electron chi connectivity index (χ1n) is 7.84. The standard InChI is InChI=1S/C17H26N2/c1-14(13-19-8-4-5-9-19)11-18-12-16-10-15-6-2-3-7-17(15)16/h2-3,6-7,14,16,18H,4-5,8-13H2,1H3. The van der Waals surface area contributed by atoms with Gasteiger partial charge in [0.15, 0.2) is 0 Å². The van der Waals surface area contributed by atoms with E-state index in [1.807, 2.05) is 0 Å². The first-order chi connectivity index (χ1) is 9.33.